The van der Waals surface area contributed by atoms with E-state index >= 15 is 26.3 Å². The van der Waals surface area contributed by atoms with Crippen LogP contribution in [0.5, 0.6) is 0 Å². The number of carbonyl (C=O) groups excluding carboxylic acids is 9. The van der Waals surface area contributed by atoms with Gasteiger partial charge < -0.3 is 14.4 Å². The molecule has 0 unspecified atom stereocenters. The second-order valence-corrected chi connectivity index (χ2v) is 17.5. The highest BCUT2D eigenvalue weighted by Gasteiger charge is 2.73. The maximum atomic E-state index is 15.5. The molecule has 0 aromatic heterocycles. The SMILES string of the molecule is C=C1C=CC(=O)N1CCCCCC(=O)OCCc1ccc(N2C(=O)c3ccc(C(c4ccc5c(c4)C(=O)N(c4ccc(CCOC(=O)CCN6C(=O)C=CC6=O)cc4)C5=O)(C(F)(F)F)C(F)(F)F)cc3C2=O)cc1. The Morgan fingerprint density at radius 1 is 0.473 bits per heavy atom. The number of alkyl halides is 6. The van der Waals surface area contributed by atoms with Crippen molar-refractivity contribution >= 4 is 64.7 Å². The van der Waals surface area contributed by atoms with Crippen molar-refractivity contribution in [2.24, 2.45) is 0 Å². The number of hydrogen-bond donors (Lipinski definition) is 0. The average Bonchev–Trinajstić information content (AvgIpc) is 4.02. The topological polar surface area (TPSA) is 185 Å². The van der Waals surface area contributed by atoms with Crippen LogP contribution in [0.4, 0.5) is 37.7 Å². The normalized spacial score (nSPS) is 15.6. The summed E-state index contributed by atoms with van der Waals surface area (Å²) in [6.45, 7) is 3.95. The molecule has 4 aliphatic rings. The van der Waals surface area contributed by atoms with E-state index < -0.39 is 98.5 Å². The lowest BCUT2D eigenvalue weighted by Crippen LogP contribution is -2.55. The third kappa shape index (κ3) is 9.88. The van der Waals surface area contributed by atoms with Crippen molar-refractivity contribution < 1.29 is 79.0 Å². The van der Waals surface area contributed by atoms with E-state index in [0.29, 0.717) is 88.8 Å². The summed E-state index contributed by atoms with van der Waals surface area (Å²) in [6.07, 6.45) is -5.04. The average molecular weight is 1020 g/mol. The Morgan fingerprint density at radius 3 is 1.32 bits per heavy atom. The molecule has 382 valence electrons. The van der Waals surface area contributed by atoms with E-state index in [2.05, 4.69) is 6.58 Å². The number of carbonyl (C=O) groups is 9. The van der Waals surface area contributed by atoms with Crippen molar-refractivity contribution in [3.05, 3.63) is 166 Å². The lowest BCUT2D eigenvalue weighted by Gasteiger charge is -2.38. The molecule has 4 aromatic rings. The van der Waals surface area contributed by atoms with Crippen molar-refractivity contribution in [2.45, 2.75) is 62.7 Å². The third-order valence-electron chi connectivity index (χ3n) is 12.9. The monoisotopic (exact) mass is 1020 g/mol. The number of benzene rings is 4. The van der Waals surface area contributed by atoms with Crippen LogP contribution in [0, 0.1) is 0 Å². The summed E-state index contributed by atoms with van der Waals surface area (Å²) in [4.78, 5) is 118. The second kappa shape index (κ2) is 20.6. The standard InChI is InChI=1S/C53H42F6N4O11/c1-31-6-19-42(64)60(31)25-4-2-3-5-45(67)73-27-23-32-7-13-36(14-8-32)62-47(69)38-17-11-34(29-40(38)49(62)71)51(52(54,55)56,53(57,58)59)35-12-18-39-41(30-35)50(72)63(48(39)70)37-15-9-33(10-16-37)24-28-74-46(68)22-26-61-43(65)20-21-44(61)66/h6-21,29-30H,1-5,22-28H2. The van der Waals surface area contributed by atoms with E-state index in [1.807, 2.05) is 0 Å². The van der Waals surface area contributed by atoms with Gasteiger partial charge in [-0.25, -0.2) is 9.80 Å². The minimum atomic E-state index is -6.19. The van der Waals surface area contributed by atoms with Gasteiger partial charge in [0.2, 0.25) is 5.41 Å². The van der Waals surface area contributed by atoms with Crippen molar-refractivity contribution in [3.8, 4) is 0 Å². The predicted molar refractivity (Wildman–Crippen MR) is 249 cm³/mol. The summed E-state index contributed by atoms with van der Waals surface area (Å²) in [5.74, 6) is -6.89. The molecular formula is C53H42F6N4O11. The van der Waals surface area contributed by atoms with Gasteiger partial charge in [-0.3, -0.25) is 48.1 Å². The molecular weight excluding hydrogens is 983 g/mol. The van der Waals surface area contributed by atoms with E-state index in [1.165, 1.54) is 54.6 Å². The zero-order valence-electron chi connectivity index (χ0n) is 38.9. The number of esters is 2. The summed E-state index contributed by atoms with van der Waals surface area (Å²) < 4.78 is 103. The number of amides is 7. The number of rotatable bonds is 19. The van der Waals surface area contributed by atoms with Gasteiger partial charge in [-0.15, -0.1) is 0 Å². The molecule has 15 nitrogen and oxygen atoms in total. The van der Waals surface area contributed by atoms with Crippen LogP contribution in [0.1, 0.15) is 95.8 Å². The fourth-order valence-corrected chi connectivity index (χ4v) is 9.05. The van der Waals surface area contributed by atoms with E-state index in [0.717, 1.165) is 17.1 Å². The van der Waals surface area contributed by atoms with Gasteiger partial charge in [0, 0.05) is 56.3 Å². The fraction of sp³-hybridized carbons (Fsp3) is 0.264. The van der Waals surface area contributed by atoms with Crippen LogP contribution in [0.15, 0.2) is 122 Å². The van der Waals surface area contributed by atoms with Crippen LogP contribution < -0.4 is 9.80 Å². The van der Waals surface area contributed by atoms with Crippen molar-refractivity contribution in [3.63, 3.8) is 0 Å². The molecule has 7 amide bonds. The Hall–Kier alpha value is -8.49. The highest BCUT2D eigenvalue weighted by Crippen LogP contribution is 2.57. The minimum Gasteiger partial charge on any atom is -0.465 e. The van der Waals surface area contributed by atoms with Gasteiger partial charge in [-0.1, -0.05) is 49.4 Å². The first-order valence-corrected chi connectivity index (χ1v) is 23.0. The lowest BCUT2D eigenvalue weighted by molar-refractivity contribution is -0.288. The van der Waals surface area contributed by atoms with Crippen LogP contribution in [-0.2, 0) is 51.7 Å². The van der Waals surface area contributed by atoms with Gasteiger partial charge in [-0.2, -0.15) is 26.3 Å². The summed E-state index contributed by atoms with van der Waals surface area (Å²) in [5.41, 5.74) is -8.72. The lowest BCUT2D eigenvalue weighted by atomic mass is 9.71. The fourth-order valence-electron chi connectivity index (χ4n) is 9.05. The minimum absolute atomic E-state index is 0.00973. The number of fused-ring (bicyclic) bond motifs is 2. The second-order valence-electron chi connectivity index (χ2n) is 17.5. The number of allylic oxidation sites excluding steroid dienone is 1. The van der Waals surface area contributed by atoms with Gasteiger partial charge in [0.25, 0.3) is 41.4 Å². The van der Waals surface area contributed by atoms with E-state index in [4.69, 9.17) is 9.47 Å². The van der Waals surface area contributed by atoms with Crippen LogP contribution in [0.25, 0.3) is 0 Å². The predicted octanol–water partition coefficient (Wildman–Crippen LogP) is 7.66. The molecule has 0 atom stereocenters. The molecule has 0 radical (unpaired) electrons. The highest BCUT2D eigenvalue weighted by atomic mass is 19.4. The van der Waals surface area contributed by atoms with Crippen LogP contribution in [-0.4, -0.2) is 102 Å². The van der Waals surface area contributed by atoms with E-state index in [9.17, 15) is 43.2 Å². The van der Waals surface area contributed by atoms with Crippen molar-refractivity contribution in [1.82, 2.24) is 9.80 Å². The Bertz CT molecular complexity index is 3040. The van der Waals surface area contributed by atoms with Crippen LogP contribution in [0.2, 0.25) is 0 Å². The maximum Gasteiger partial charge on any atom is 0.411 e. The molecule has 4 heterocycles. The summed E-state index contributed by atoms with van der Waals surface area (Å²) in [6, 6.07) is 14.2. The molecule has 21 heteroatoms. The van der Waals surface area contributed by atoms with E-state index in [-0.39, 0.29) is 62.7 Å². The van der Waals surface area contributed by atoms with Crippen molar-refractivity contribution in [2.75, 3.05) is 36.1 Å². The maximum absolute atomic E-state index is 15.5. The smallest absolute Gasteiger partial charge is 0.411 e. The molecule has 0 spiro atoms. The number of imide groups is 3. The number of hydrogen-bond acceptors (Lipinski definition) is 11. The quantitative estimate of drug-likeness (QED) is 0.0389. The first-order valence-electron chi connectivity index (χ1n) is 23.0. The number of unbranched alkanes of at least 4 members (excludes halogenated alkanes) is 2. The largest absolute Gasteiger partial charge is 0.465 e. The number of nitrogens with zero attached hydrogens (tertiary/aromatic N) is 4. The Morgan fingerprint density at radius 2 is 0.892 bits per heavy atom. The molecule has 0 N–H and O–H groups in total. The molecule has 4 aromatic carbocycles. The Balaban J connectivity index is 0.921. The number of anilines is 2. The zero-order valence-corrected chi connectivity index (χ0v) is 38.9. The number of ether oxygens (including phenoxy) is 2. The molecule has 8 rings (SSSR count). The Labute approximate surface area is 417 Å². The van der Waals surface area contributed by atoms with Gasteiger partial charge in [-0.05, 0) is 89.7 Å². The third-order valence-corrected chi connectivity index (χ3v) is 12.9. The zero-order chi connectivity index (χ0) is 53.3. The van der Waals surface area contributed by atoms with Crippen LogP contribution in [0.3, 0.4) is 0 Å². The molecule has 4 aliphatic heterocycles. The van der Waals surface area contributed by atoms with Crippen LogP contribution >= 0.6 is 0 Å². The first kappa shape index (κ1) is 51.9. The summed E-state index contributed by atoms with van der Waals surface area (Å²) in [5, 5.41) is 0. The van der Waals surface area contributed by atoms with Gasteiger partial charge >= 0.3 is 24.3 Å². The van der Waals surface area contributed by atoms with Gasteiger partial charge in [0.15, 0.2) is 0 Å². The molecule has 0 saturated heterocycles. The first-order chi connectivity index (χ1) is 35.1. The molecule has 0 fully saturated rings. The van der Waals surface area contributed by atoms with Crippen molar-refractivity contribution in [1.29, 1.82) is 0 Å². The molecule has 0 aliphatic carbocycles. The molecule has 74 heavy (non-hydrogen) atoms. The summed E-state index contributed by atoms with van der Waals surface area (Å²) >= 11 is 0. The number of halogens is 6. The van der Waals surface area contributed by atoms with Gasteiger partial charge in [0.1, 0.15) is 0 Å². The highest BCUT2D eigenvalue weighted by molar-refractivity contribution is 6.35. The Kier molecular flexibility index (Phi) is 14.4. The van der Waals surface area contributed by atoms with Gasteiger partial charge in [0.05, 0.1) is 53.3 Å². The molecule has 0 bridgehead atoms. The summed E-state index contributed by atoms with van der Waals surface area (Å²) in [7, 11) is 0. The van der Waals surface area contributed by atoms with E-state index in [1.54, 1.807) is 11.0 Å². The molecule has 0 saturated carbocycles.